The molecule has 2 aromatic rings. The summed E-state index contributed by atoms with van der Waals surface area (Å²) in [5, 5.41) is 5.15. The molecular formula is C13H13Cl2N3O. The summed E-state index contributed by atoms with van der Waals surface area (Å²) in [5.41, 5.74) is 6.82. The average Bonchev–Trinajstić information content (AvgIpc) is 3.13. The van der Waals surface area contributed by atoms with Crippen molar-refractivity contribution in [3.05, 3.63) is 45.5 Å². The first kappa shape index (κ1) is 12.9. The van der Waals surface area contributed by atoms with E-state index < -0.39 is 0 Å². The molecule has 1 aliphatic rings. The van der Waals surface area contributed by atoms with E-state index in [-0.39, 0.29) is 6.04 Å². The highest BCUT2D eigenvalue weighted by atomic mass is 35.5. The number of nitrogens with zero attached hydrogens (tertiary/aromatic N) is 2. The third kappa shape index (κ3) is 2.76. The van der Waals surface area contributed by atoms with E-state index in [9.17, 15) is 0 Å². The third-order valence-corrected chi connectivity index (χ3v) is 4.00. The van der Waals surface area contributed by atoms with E-state index in [1.54, 1.807) is 18.2 Å². The highest BCUT2D eigenvalue weighted by Gasteiger charge is 2.33. The zero-order valence-corrected chi connectivity index (χ0v) is 11.7. The van der Waals surface area contributed by atoms with Gasteiger partial charge >= 0.3 is 0 Å². The minimum absolute atomic E-state index is 0.150. The normalized spacial score (nSPS) is 16.6. The maximum absolute atomic E-state index is 6.11. The smallest absolute Gasteiger partial charge is 0.243 e. The first-order valence-corrected chi connectivity index (χ1v) is 6.91. The van der Waals surface area contributed by atoms with E-state index in [2.05, 4.69) is 10.1 Å². The van der Waals surface area contributed by atoms with Crippen LogP contribution < -0.4 is 5.73 Å². The monoisotopic (exact) mass is 297 g/mol. The summed E-state index contributed by atoms with van der Waals surface area (Å²) in [7, 11) is 0. The molecule has 0 bridgehead atoms. The van der Waals surface area contributed by atoms with E-state index in [4.69, 9.17) is 33.5 Å². The van der Waals surface area contributed by atoms with Crippen LogP contribution in [0.3, 0.4) is 0 Å². The second kappa shape index (κ2) is 5.12. The van der Waals surface area contributed by atoms with Crippen LogP contribution in [0.15, 0.2) is 22.7 Å². The van der Waals surface area contributed by atoms with Crippen LogP contribution in [0.1, 0.15) is 36.2 Å². The number of nitrogens with two attached hydrogens (primary N) is 1. The molecule has 0 amide bonds. The number of hydrogen-bond acceptors (Lipinski definition) is 4. The van der Waals surface area contributed by atoms with Gasteiger partial charge in [0.25, 0.3) is 0 Å². The molecule has 1 aliphatic carbocycles. The van der Waals surface area contributed by atoms with Crippen molar-refractivity contribution in [2.75, 3.05) is 0 Å². The zero-order chi connectivity index (χ0) is 13.4. The predicted octanol–water partition coefficient (Wildman–Crippen LogP) is 3.38. The van der Waals surface area contributed by atoms with E-state index in [1.807, 2.05) is 0 Å². The second-order valence-corrected chi connectivity index (χ2v) is 5.60. The first-order chi connectivity index (χ1) is 9.15. The Kier molecular flexibility index (Phi) is 3.48. The molecule has 1 unspecified atom stereocenters. The van der Waals surface area contributed by atoms with E-state index >= 15 is 0 Å². The van der Waals surface area contributed by atoms with Gasteiger partial charge in [-0.05, 0) is 36.5 Å². The molecule has 0 aliphatic heterocycles. The van der Waals surface area contributed by atoms with Gasteiger partial charge in [0, 0.05) is 16.5 Å². The van der Waals surface area contributed by atoms with Crippen molar-refractivity contribution >= 4 is 23.2 Å². The number of hydrogen-bond donors (Lipinski definition) is 1. The summed E-state index contributed by atoms with van der Waals surface area (Å²) < 4.78 is 5.21. The summed E-state index contributed by atoms with van der Waals surface area (Å²) in [6.07, 6.45) is 2.71. The molecule has 1 aromatic carbocycles. The van der Waals surface area contributed by atoms with Crippen LogP contribution in [0, 0.1) is 5.92 Å². The quantitative estimate of drug-likeness (QED) is 0.939. The summed E-state index contributed by atoms with van der Waals surface area (Å²) in [6, 6.07) is 5.24. The number of rotatable bonds is 4. The van der Waals surface area contributed by atoms with E-state index in [0.29, 0.717) is 34.1 Å². The molecule has 1 saturated carbocycles. The Bertz CT molecular complexity index is 575. The van der Waals surface area contributed by atoms with Crippen LogP contribution in [0.25, 0.3) is 0 Å². The van der Waals surface area contributed by atoms with Crippen molar-refractivity contribution in [3.63, 3.8) is 0 Å². The molecule has 1 atom stereocenters. The Morgan fingerprint density at radius 3 is 2.63 bits per heavy atom. The Hall–Kier alpha value is -1.10. The molecule has 1 fully saturated rings. The Labute approximate surface area is 120 Å². The minimum atomic E-state index is -0.150. The highest BCUT2D eigenvalue weighted by molar-refractivity contribution is 6.36. The summed E-state index contributed by atoms with van der Waals surface area (Å²) in [5.74, 6) is 1.54. The summed E-state index contributed by atoms with van der Waals surface area (Å²) in [4.78, 5) is 4.33. The Balaban J connectivity index is 1.80. The maximum Gasteiger partial charge on any atom is 0.243 e. The summed E-state index contributed by atoms with van der Waals surface area (Å²) >= 11 is 12.2. The minimum Gasteiger partial charge on any atom is -0.338 e. The van der Waals surface area contributed by atoms with Gasteiger partial charge in [0.15, 0.2) is 5.82 Å². The zero-order valence-electron chi connectivity index (χ0n) is 10.1. The van der Waals surface area contributed by atoms with Crippen LogP contribution in [0.4, 0.5) is 0 Å². The van der Waals surface area contributed by atoms with E-state index in [1.165, 1.54) is 0 Å². The molecule has 1 heterocycles. The molecule has 6 heteroatoms. The van der Waals surface area contributed by atoms with Gasteiger partial charge < -0.3 is 10.3 Å². The Morgan fingerprint density at radius 1 is 1.32 bits per heavy atom. The molecule has 19 heavy (non-hydrogen) atoms. The summed E-state index contributed by atoms with van der Waals surface area (Å²) in [6.45, 7) is 0. The highest BCUT2D eigenvalue weighted by Crippen LogP contribution is 2.38. The van der Waals surface area contributed by atoms with Crippen molar-refractivity contribution in [2.24, 2.45) is 11.7 Å². The van der Waals surface area contributed by atoms with Crippen molar-refractivity contribution in [3.8, 4) is 0 Å². The number of halogens is 2. The molecule has 3 rings (SSSR count). The number of benzene rings is 1. The van der Waals surface area contributed by atoms with Gasteiger partial charge in [0.2, 0.25) is 5.89 Å². The van der Waals surface area contributed by atoms with Gasteiger partial charge in [0.05, 0.1) is 6.04 Å². The fraction of sp³-hybridized carbons (Fsp3) is 0.385. The van der Waals surface area contributed by atoms with Gasteiger partial charge in [0.1, 0.15) is 0 Å². The lowest BCUT2D eigenvalue weighted by molar-refractivity contribution is 0.340. The van der Waals surface area contributed by atoms with Crippen molar-refractivity contribution in [2.45, 2.75) is 25.3 Å². The lowest BCUT2D eigenvalue weighted by atomic mass is 10.1. The van der Waals surface area contributed by atoms with Crippen LogP contribution in [0.5, 0.6) is 0 Å². The topological polar surface area (TPSA) is 64.9 Å². The van der Waals surface area contributed by atoms with Gasteiger partial charge in [-0.2, -0.15) is 4.98 Å². The van der Waals surface area contributed by atoms with Crippen LogP contribution in [-0.2, 0) is 6.42 Å². The first-order valence-electron chi connectivity index (χ1n) is 6.16. The van der Waals surface area contributed by atoms with Crippen molar-refractivity contribution in [1.29, 1.82) is 0 Å². The molecule has 1 aromatic heterocycles. The maximum atomic E-state index is 6.11. The fourth-order valence-corrected chi connectivity index (χ4v) is 2.52. The largest absolute Gasteiger partial charge is 0.338 e. The standard InChI is InChI=1S/C13H13Cl2N3O/c14-9-2-1-3-10(15)8(9)6-11-17-13(19-18-11)12(16)7-4-5-7/h1-3,7,12H,4-6,16H2. The fourth-order valence-electron chi connectivity index (χ4n) is 1.99. The molecule has 4 nitrogen and oxygen atoms in total. The second-order valence-electron chi connectivity index (χ2n) is 4.79. The predicted molar refractivity (Wildman–Crippen MR) is 73.2 cm³/mol. The van der Waals surface area contributed by atoms with Crippen LogP contribution in [0.2, 0.25) is 10.0 Å². The van der Waals surface area contributed by atoms with Crippen LogP contribution in [-0.4, -0.2) is 10.1 Å². The SMILES string of the molecule is NC(c1nc(Cc2c(Cl)cccc2Cl)no1)C1CC1. The molecule has 2 N–H and O–H groups in total. The van der Waals surface area contributed by atoms with Gasteiger partial charge in [-0.1, -0.05) is 34.4 Å². The van der Waals surface area contributed by atoms with Crippen molar-refractivity contribution in [1.82, 2.24) is 10.1 Å². The van der Waals surface area contributed by atoms with Gasteiger partial charge in [-0.3, -0.25) is 0 Å². The molecule has 0 spiro atoms. The molecular weight excluding hydrogens is 285 g/mol. The van der Waals surface area contributed by atoms with Crippen LogP contribution >= 0.6 is 23.2 Å². The van der Waals surface area contributed by atoms with E-state index in [0.717, 1.165) is 18.4 Å². The average molecular weight is 298 g/mol. The number of aromatic nitrogens is 2. The van der Waals surface area contributed by atoms with Gasteiger partial charge in [-0.15, -0.1) is 0 Å². The lowest BCUT2D eigenvalue weighted by Crippen LogP contribution is -2.12. The lowest BCUT2D eigenvalue weighted by Gasteiger charge is -2.03. The molecule has 100 valence electrons. The Morgan fingerprint density at radius 2 is 2.00 bits per heavy atom. The molecule has 0 saturated heterocycles. The van der Waals surface area contributed by atoms with Crippen molar-refractivity contribution < 1.29 is 4.52 Å². The van der Waals surface area contributed by atoms with Gasteiger partial charge in [-0.25, -0.2) is 0 Å². The third-order valence-electron chi connectivity index (χ3n) is 3.30. The molecule has 0 radical (unpaired) electrons.